The van der Waals surface area contributed by atoms with Gasteiger partial charge in [-0.3, -0.25) is 0 Å². The Morgan fingerprint density at radius 3 is 2.92 bits per heavy atom. The zero-order valence-electron chi connectivity index (χ0n) is 7.51. The molecule has 1 N–H and O–H groups in total. The quantitative estimate of drug-likeness (QED) is 0.771. The maximum atomic E-state index is 9.10. The normalized spacial score (nSPS) is 15.4. The molecule has 13 heavy (non-hydrogen) atoms. The second kappa shape index (κ2) is 3.58. The van der Waals surface area contributed by atoms with Crippen molar-refractivity contribution >= 4 is 22.9 Å². The molecule has 4 heteroatoms. The molecule has 2 rings (SSSR count). The summed E-state index contributed by atoms with van der Waals surface area (Å²) in [7, 11) is 1.64. The van der Waals surface area contributed by atoms with Gasteiger partial charge in [0.1, 0.15) is 0 Å². The number of hydrogen-bond donors (Lipinski definition) is 1. The number of thiophene rings is 1. The average Bonchev–Trinajstić information content (AvgIpc) is 2.56. The molecule has 1 aromatic rings. The van der Waals surface area contributed by atoms with E-state index in [1.54, 1.807) is 18.4 Å². The van der Waals surface area contributed by atoms with Crippen molar-refractivity contribution in [3.63, 3.8) is 0 Å². The largest absolute Gasteiger partial charge is 0.314 e. The van der Waals surface area contributed by atoms with Crippen LogP contribution in [0.1, 0.15) is 21.7 Å². The van der Waals surface area contributed by atoms with Crippen LogP contribution in [-0.4, -0.2) is 17.3 Å². The van der Waals surface area contributed by atoms with E-state index in [0.29, 0.717) is 6.54 Å². The van der Waals surface area contributed by atoms with Crippen LogP contribution < -0.4 is 0 Å². The highest BCUT2D eigenvalue weighted by Crippen LogP contribution is 2.38. The molecule has 0 unspecified atom stereocenters. The van der Waals surface area contributed by atoms with Crippen molar-refractivity contribution in [2.75, 3.05) is 7.05 Å². The first kappa shape index (κ1) is 9.46. The Morgan fingerprint density at radius 2 is 2.31 bits per heavy atom. The summed E-state index contributed by atoms with van der Waals surface area (Å²) >= 11 is 7.93. The van der Waals surface area contributed by atoms with Gasteiger partial charge in [-0.25, -0.2) is 0 Å². The molecule has 1 aliphatic carbocycles. The van der Waals surface area contributed by atoms with Gasteiger partial charge in [-0.2, -0.15) is 5.06 Å². The van der Waals surface area contributed by atoms with Crippen molar-refractivity contribution in [3.05, 3.63) is 20.3 Å². The van der Waals surface area contributed by atoms with Gasteiger partial charge in [0.2, 0.25) is 0 Å². The highest BCUT2D eigenvalue weighted by atomic mass is 35.5. The van der Waals surface area contributed by atoms with E-state index < -0.39 is 0 Å². The molecule has 0 amide bonds. The summed E-state index contributed by atoms with van der Waals surface area (Å²) < 4.78 is 0. The van der Waals surface area contributed by atoms with Crippen molar-refractivity contribution in [2.24, 2.45) is 0 Å². The van der Waals surface area contributed by atoms with Crippen LogP contribution in [0.4, 0.5) is 0 Å². The zero-order valence-corrected chi connectivity index (χ0v) is 9.08. The third-order valence-electron chi connectivity index (χ3n) is 2.30. The van der Waals surface area contributed by atoms with Crippen LogP contribution in [-0.2, 0) is 19.4 Å². The zero-order chi connectivity index (χ0) is 9.42. The fraction of sp³-hybridized carbons (Fsp3) is 0.556. The Hall–Kier alpha value is -0.0900. The lowest BCUT2D eigenvalue weighted by Gasteiger charge is -2.06. The van der Waals surface area contributed by atoms with Gasteiger partial charge < -0.3 is 5.21 Å². The molecule has 0 atom stereocenters. The lowest BCUT2D eigenvalue weighted by molar-refractivity contribution is -0.0723. The minimum absolute atomic E-state index is 0.538. The molecule has 1 aromatic heterocycles. The first-order valence-electron chi connectivity index (χ1n) is 4.37. The third kappa shape index (κ3) is 1.74. The molecule has 0 bridgehead atoms. The van der Waals surface area contributed by atoms with Crippen molar-refractivity contribution in [1.29, 1.82) is 0 Å². The Labute approximate surface area is 86.7 Å². The van der Waals surface area contributed by atoms with Gasteiger partial charge >= 0.3 is 0 Å². The van der Waals surface area contributed by atoms with Gasteiger partial charge in [-0.05, 0) is 24.8 Å². The number of rotatable bonds is 2. The third-order valence-corrected chi connectivity index (χ3v) is 4.14. The molecule has 0 radical (unpaired) electrons. The summed E-state index contributed by atoms with van der Waals surface area (Å²) in [5.41, 5.74) is 1.32. The monoisotopic (exact) mass is 217 g/mol. The van der Waals surface area contributed by atoms with E-state index in [1.165, 1.54) is 21.9 Å². The molecule has 1 aliphatic rings. The predicted molar refractivity (Wildman–Crippen MR) is 54.6 cm³/mol. The maximum absolute atomic E-state index is 9.10. The van der Waals surface area contributed by atoms with E-state index in [9.17, 15) is 0 Å². The predicted octanol–water partition coefficient (Wildman–Crippen LogP) is 2.71. The van der Waals surface area contributed by atoms with Crippen LogP contribution in [0.3, 0.4) is 0 Å². The van der Waals surface area contributed by atoms with Crippen LogP contribution in [0.15, 0.2) is 0 Å². The molecule has 2 nitrogen and oxygen atoms in total. The Morgan fingerprint density at radius 1 is 1.54 bits per heavy atom. The lowest BCUT2D eigenvalue weighted by atomic mass is 10.2. The topological polar surface area (TPSA) is 23.5 Å². The number of nitrogens with zero attached hydrogens (tertiary/aromatic N) is 1. The number of aryl methyl sites for hydroxylation is 1. The lowest BCUT2D eigenvalue weighted by Crippen LogP contribution is -2.10. The summed E-state index contributed by atoms with van der Waals surface area (Å²) in [6.45, 7) is 0.538. The van der Waals surface area contributed by atoms with Crippen LogP contribution in [0.25, 0.3) is 0 Å². The van der Waals surface area contributed by atoms with Crippen molar-refractivity contribution in [3.8, 4) is 0 Å². The van der Waals surface area contributed by atoms with Gasteiger partial charge in [-0.15, -0.1) is 11.3 Å². The number of hydroxylamine groups is 2. The summed E-state index contributed by atoms with van der Waals surface area (Å²) in [6, 6.07) is 0. The summed E-state index contributed by atoms with van der Waals surface area (Å²) in [5.74, 6) is 0. The molecule has 0 aliphatic heterocycles. The average molecular weight is 218 g/mol. The van der Waals surface area contributed by atoms with Gasteiger partial charge in [0.25, 0.3) is 0 Å². The van der Waals surface area contributed by atoms with Crippen molar-refractivity contribution in [2.45, 2.75) is 25.8 Å². The SMILES string of the molecule is CN(O)Cc1sc2c(c1Cl)CCC2. The Kier molecular flexibility index (Phi) is 2.60. The van der Waals surface area contributed by atoms with Crippen molar-refractivity contribution < 1.29 is 5.21 Å². The van der Waals surface area contributed by atoms with Crippen LogP contribution in [0.2, 0.25) is 5.02 Å². The molecule has 72 valence electrons. The second-order valence-electron chi connectivity index (χ2n) is 3.41. The van der Waals surface area contributed by atoms with Gasteiger partial charge in [-0.1, -0.05) is 11.6 Å². The van der Waals surface area contributed by atoms with E-state index in [1.807, 2.05) is 0 Å². The maximum Gasteiger partial charge on any atom is 0.0594 e. The molecular weight excluding hydrogens is 206 g/mol. The number of halogens is 1. The fourth-order valence-corrected chi connectivity index (χ4v) is 3.51. The van der Waals surface area contributed by atoms with E-state index in [0.717, 1.165) is 22.7 Å². The van der Waals surface area contributed by atoms with Gasteiger partial charge in [0.05, 0.1) is 11.6 Å². The fourth-order valence-electron chi connectivity index (χ4n) is 1.73. The summed E-state index contributed by atoms with van der Waals surface area (Å²) in [5, 5.41) is 11.2. The van der Waals surface area contributed by atoms with E-state index in [4.69, 9.17) is 16.8 Å². The van der Waals surface area contributed by atoms with Crippen LogP contribution >= 0.6 is 22.9 Å². The molecule has 0 saturated heterocycles. The van der Waals surface area contributed by atoms with E-state index in [2.05, 4.69) is 0 Å². The number of fused-ring (bicyclic) bond motifs is 1. The standard InChI is InChI=1S/C9H12ClNOS/c1-11(12)5-8-9(10)6-3-2-4-7(6)13-8/h12H,2-5H2,1H3. The molecule has 0 aromatic carbocycles. The first-order valence-corrected chi connectivity index (χ1v) is 5.57. The second-order valence-corrected chi connectivity index (χ2v) is 4.98. The Balaban J connectivity index is 2.28. The van der Waals surface area contributed by atoms with Gasteiger partial charge in [0, 0.05) is 16.8 Å². The van der Waals surface area contributed by atoms with Crippen molar-refractivity contribution in [1.82, 2.24) is 5.06 Å². The highest BCUT2D eigenvalue weighted by molar-refractivity contribution is 7.12. The minimum Gasteiger partial charge on any atom is -0.314 e. The number of hydrogen-bond acceptors (Lipinski definition) is 3. The molecule has 0 spiro atoms. The van der Waals surface area contributed by atoms with E-state index in [-0.39, 0.29) is 0 Å². The molecule has 0 fully saturated rings. The van der Waals surface area contributed by atoms with Crippen LogP contribution in [0, 0.1) is 0 Å². The van der Waals surface area contributed by atoms with Crippen LogP contribution in [0.5, 0.6) is 0 Å². The summed E-state index contributed by atoms with van der Waals surface area (Å²) in [6.07, 6.45) is 3.50. The summed E-state index contributed by atoms with van der Waals surface area (Å²) in [4.78, 5) is 2.51. The highest BCUT2D eigenvalue weighted by Gasteiger charge is 2.20. The Bertz CT molecular complexity index is 322. The first-order chi connectivity index (χ1) is 6.18. The molecular formula is C9H12ClNOS. The van der Waals surface area contributed by atoms with Gasteiger partial charge in [0.15, 0.2) is 0 Å². The molecule has 0 saturated carbocycles. The van der Waals surface area contributed by atoms with E-state index >= 15 is 0 Å². The molecule has 1 heterocycles. The minimum atomic E-state index is 0.538. The smallest absolute Gasteiger partial charge is 0.0594 e.